The van der Waals surface area contributed by atoms with Gasteiger partial charge in [0.05, 0.1) is 16.7 Å². The first-order valence-corrected chi connectivity index (χ1v) is 5.37. The van der Waals surface area contributed by atoms with Crippen LogP contribution >= 0.6 is 0 Å². The third-order valence-electron chi connectivity index (χ3n) is 2.62. The third kappa shape index (κ3) is 3.04. The van der Waals surface area contributed by atoms with Crippen molar-refractivity contribution in [1.82, 2.24) is 9.55 Å². The van der Waals surface area contributed by atoms with Crippen molar-refractivity contribution in [2.45, 2.75) is 12.8 Å². The SMILES string of the molecule is Cn1c(=O)c(C[CH-]CC#N)nc2ccccc21.[Y]. The summed E-state index contributed by atoms with van der Waals surface area (Å²) in [5.74, 6) is 0. The first-order chi connectivity index (χ1) is 8.24. The van der Waals surface area contributed by atoms with E-state index in [-0.39, 0.29) is 38.3 Å². The van der Waals surface area contributed by atoms with Crippen molar-refractivity contribution in [1.29, 1.82) is 5.26 Å². The van der Waals surface area contributed by atoms with Crippen molar-refractivity contribution in [2.75, 3.05) is 0 Å². The van der Waals surface area contributed by atoms with Gasteiger partial charge in [-0.25, -0.2) is 10.2 Å². The number of hydrogen-bond acceptors (Lipinski definition) is 3. The molecule has 0 fully saturated rings. The molecule has 0 bridgehead atoms. The zero-order valence-electron chi connectivity index (χ0n) is 10.1. The van der Waals surface area contributed by atoms with Crippen LogP contribution in [-0.2, 0) is 46.2 Å². The quantitative estimate of drug-likeness (QED) is 0.638. The smallest absolute Gasteiger partial charge is 0.269 e. The Bertz CT molecular complexity index is 643. The molecule has 1 aromatic heterocycles. The van der Waals surface area contributed by atoms with Gasteiger partial charge in [-0.3, -0.25) is 4.79 Å². The van der Waals surface area contributed by atoms with Crippen molar-refractivity contribution in [3.8, 4) is 6.07 Å². The fourth-order valence-electron chi connectivity index (χ4n) is 1.74. The first kappa shape index (κ1) is 15.0. The van der Waals surface area contributed by atoms with Gasteiger partial charge in [-0.2, -0.15) is 0 Å². The van der Waals surface area contributed by atoms with Gasteiger partial charge in [-0.1, -0.05) is 18.6 Å². The summed E-state index contributed by atoms with van der Waals surface area (Å²) in [7, 11) is 1.74. The number of benzene rings is 1. The zero-order chi connectivity index (χ0) is 12.3. The molecule has 18 heavy (non-hydrogen) atoms. The normalized spacial score (nSPS) is 9.78. The Hall–Kier alpha value is -1.05. The van der Waals surface area contributed by atoms with Gasteiger partial charge in [-0.15, -0.1) is 6.42 Å². The van der Waals surface area contributed by atoms with Crippen LogP contribution in [0.2, 0.25) is 0 Å². The number of rotatable bonds is 3. The maximum atomic E-state index is 12.0. The fraction of sp³-hybridized carbons (Fsp3) is 0.231. The standard InChI is InChI=1S/C13H12N3O.Y/c1-16-12-8-3-2-6-10(12)15-11(13(16)17)7-4-5-9-14;/h2-4,6,8H,5,7H2,1H3;/q-1;. The Morgan fingerprint density at radius 1 is 1.44 bits per heavy atom. The van der Waals surface area contributed by atoms with Gasteiger partial charge >= 0.3 is 0 Å². The van der Waals surface area contributed by atoms with E-state index in [9.17, 15) is 4.79 Å². The number of aromatic nitrogens is 2. The molecule has 0 spiro atoms. The zero-order valence-corrected chi connectivity index (χ0v) is 13.0. The minimum absolute atomic E-state index is 0. The predicted octanol–water partition coefficient (Wildman–Crippen LogP) is 1.59. The van der Waals surface area contributed by atoms with Crippen molar-refractivity contribution in [2.24, 2.45) is 7.05 Å². The van der Waals surface area contributed by atoms with Crippen LogP contribution in [-0.4, -0.2) is 9.55 Å². The number of nitrogens with zero attached hydrogens (tertiary/aromatic N) is 3. The Balaban J connectivity index is 0.00000162. The molecule has 0 N–H and O–H groups in total. The molecule has 2 rings (SSSR count). The van der Waals surface area contributed by atoms with E-state index in [0.717, 1.165) is 11.0 Å². The summed E-state index contributed by atoms with van der Waals surface area (Å²) >= 11 is 0. The first-order valence-electron chi connectivity index (χ1n) is 5.37. The largest absolute Gasteiger partial charge is 0.309 e. The summed E-state index contributed by atoms with van der Waals surface area (Å²) in [6.45, 7) is 0. The Morgan fingerprint density at radius 3 is 2.89 bits per heavy atom. The Labute approximate surface area is 131 Å². The van der Waals surface area contributed by atoms with Gasteiger partial charge in [0, 0.05) is 45.8 Å². The van der Waals surface area contributed by atoms with Crippen molar-refractivity contribution >= 4 is 11.0 Å². The summed E-state index contributed by atoms with van der Waals surface area (Å²) in [5.41, 5.74) is 2.01. The van der Waals surface area contributed by atoms with Crippen molar-refractivity contribution in [3.63, 3.8) is 0 Å². The summed E-state index contributed by atoms with van der Waals surface area (Å²) < 4.78 is 1.60. The summed E-state index contributed by atoms with van der Waals surface area (Å²) in [4.78, 5) is 16.3. The summed E-state index contributed by atoms with van der Waals surface area (Å²) in [5, 5.41) is 8.45. The molecule has 0 aliphatic heterocycles. The molecule has 89 valence electrons. The summed E-state index contributed by atoms with van der Waals surface area (Å²) in [6.07, 6.45) is 2.53. The van der Waals surface area contributed by atoms with Crippen LogP contribution in [0.4, 0.5) is 0 Å². The Morgan fingerprint density at radius 2 is 2.17 bits per heavy atom. The van der Waals surface area contributed by atoms with Gasteiger partial charge in [-0.05, 0) is 12.1 Å². The maximum absolute atomic E-state index is 12.0. The predicted molar refractivity (Wildman–Crippen MR) is 65.2 cm³/mol. The van der Waals surface area contributed by atoms with E-state index >= 15 is 0 Å². The topological polar surface area (TPSA) is 58.7 Å². The average molecular weight is 315 g/mol. The van der Waals surface area contributed by atoms with E-state index in [0.29, 0.717) is 18.5 Å². The molecule has 0 atom stereocenters. The van der Waals surface area contributed by atoms with Crippen LogP contribution in [0.25, 0.3) is 11.0 Å². The molecule has 0 amide bonds. The van der Waals surface area contributed by atoms with E-state index in [4.69, 9.17) is 5.26 Å². The molecule has 1 radical (unpaired) electrons. The van der Waals surface area contributed by atoms with Gasteiger partial charge in [0.25, 0.3) is 5.56 Å². The van der Waals surface area contributed by atoms with E-state index < -0.39 is 0 Å². The average Bonchev–Trinajstić information content (AvgIpc) is 2.35. The van der Waals surface area contributed by atoms with E-state index in [1.807, 2.05) is 30.3 Å². The van der Waals surface area contributed by atoms with Crippen molar-refractivity contribution < 1.29 is 32.7 Å². The Kier molecular flexibility index (Phi) is 5.65. The molecule has 0 saturated carbocycles. The summed E-state index contributed by atoms with van der Waals surface area (Å²) in [6, 6.07) is 9.53. The molecular formula is C13H12N3OY-. The fourth-order valence-corrected chi connectivity index (χ4v) is 1.74. The minimum Gasteiger partial charge on any atom is -0.309 e. The van der Waals surface area contributed by atoms with E-state index in [1.54, 1.807) is 18.0 Å². The van der Waals surface area contributed by atoms with Gasteiger partial charge in [0.1, 0.15) is 0 Å². The van der Waals surface area contributed by atoms with Crippen LogP contribution in [0.5, 0.6) is 0 Å². The number of para-hydroxylation sites is 2. The second-order valence-electron chi connectivity index (χ2n) is 3.77. The van der Waals surface area contributed by atoms with Gasteiger partial charge < -0.3 is 11.0 Å². The molecule has 4 nitrogen and oxygen atoms in total. The third-order valence-corrected chi connectivity index (χ3v) is 2.62. The molecule has 1 aromatic carbocycles. The van der Waals surface area contributed by atoms with E-state index in [2.05, 4.69) is 4.98 Å². The molecule has 1 heterocycles. The van der Waals surface area contributed by atoms with Crippen molar-refractivity contribution in [3.05, 3.63) is 46.7 Å². The van der Waals surface area contributed by atoms with E-state index in [1.165, 1.54) is 0 Å². The van der Waals surface area contributed by atoms with Gasteiger partial charge in [0.15, 0.2) is 0 Å². The maximum Gasteiger partial charge on any atom is 0.269 e. The van der Waals surface area contributed by atoms with Gasteiger partial charge in [0.2, 0.25) is 0 Å². The molecule has 5 heteroatoms. The van der Waals surface area contributed by atoms with Crippen LogP contribution < -0.4 is 5.56 Å². The number of unbranched alkanes of at least 4 members (excludes halogenated alkanes) is 1. The number of hydrogen-bond donors (Lipinski definition) is 0. The van der Waals surface area contributed by atoms with Crippen LogP contribution in [0.3, 0.4) is 0 Å². The molecular weight excluding hydrogens is 303 g/mol. The second kappa shape index (κ2) is 6.77. The molecule has 0 unspecified atom stereocenters. The van der Waals surface area contributed by atoms with Crippen LogP contribution in [0.15, 0.2) is 29.1 Å². The second-order valence-corrected chi connectivity index (χ2v) is 3.77. The molecule has 0 saturated heterocycles. The molecule has 0 aliphatic rings. The number of fused-ring (bicyclic) bond motifs is 1. The van der Waals surface area contributed by atoms with Crippen LogP contribution in [0.1, 0.15) is 12.1 Å². The molecule has 2 aromatic rings. The number of nitriles is 1. The van der Waals surface area contributed by atoms with Crippen LogP contribution in [0, 0.1) is 17.8 Å². The number of aryl methyl sites for hydroxylation is 1. The monoisotopic (exact) mass is 315 g/mol. The molecule has 0 aliphatic carbocycles. The minimum atomic E-state index is -0.0992.